The van der Waals surface area contributed by atoms with Crippen LogP contribution in [0.1, 0.15) is 5.56 Å². The molecule has 1 aliphatic heterocycles. The van der Waals surface area contributed by atoms with Crippen LogP contribution in [0.25, 0.3) is 6.08 Å². The minimum atomic E-state index is -0.814. The molecule has 4 amide bonds. The number of imide groups is 2. The molecule has 0 radical (unpaired) electrons. The highest BCUT2D eigenvalue weighted by Gasteiger charge is 2.36. The predicted octanol–water partition coefficient (Wildman–Crippen LogP) is 2.83. The van der Waals surface area contributed by atoms with Crippen LogP contribution >= 0.6 is 15.9 Å². The van der Waals surface area contributed by atoms with E-state index in [1.807, 2.05) is 0 Å². The Morgan fingerprint density at radius 3 is 2.50 bits per heavy atom. The van der Waals surface area contributed by atoms with Crippen molar-refractivity contribution in [1.29, 1.82) is 0 Å². The topological polar surface area (TPSA) is 95.9 Å². The number of phenols is 1. The number of methoxy groups -OCH3 is 1. The van der Waals surface area contributed by atoms with Gasteiger partial charge in [0.2, 0.25) is 0 Å². The Bertz CT molecular complexity index is 940. The highest BCUT2D eigenvalue weighted by atomic mass is 79.9. The molecule has 0 unspecified atom stereocenters. The van der Waals surface area contributed by atoms with Crippen LogP contribution in [0.5, 0.6) is 11.5 Å². The molecule has 1 aliphatic rings. The molecule has 0 saturated carbocycles. The highest BCUT2D eigenvalue weighted by molar-refractivity contribution is 9.10. The van der Waals surface area contributed by atoms with Gasteiger partial charge >= 0.3 is 6.03 Å². The summed E-state index contributed by atoms with van der Waals surface area (Å²) in [5.74, 6) is -1.46. The monoisotopic (exact) mass is 416 g/mol. The van der Waals surface area contributed by atoms with Crippen LogP contribution in [0, 0.1) is 0 Å². The Hall–Kier alpha value is -3.13. The predicted molar refractivity (Wildman–Crippen MR) is 97.8 cm³/mol. The number of benzene rings is 2. The molecule has 132 valence electrons. The van der Waals surface area contributed by atoms with E-state index in [-0.39, 0.29) is 17.1 Å². The van der Waals surface area contributed by atoms with Gasteiger partial charge in [-0.2, -0.15) is 0 Å². The smallest absolute Gasteiger partial charge is 0.335 e. The number of aromatic hydroxyl groups is 1. The van der Waals surface area contributed by atoms with Crippen LogP contribution in [-0.4, -0.2) is 30.1 Å². The van der Waals surface area contributed by atoms with E-state index in [1.54, 1.807) is 30.3 Å². The summed E-state index contributed by atoms with van der Waals surface area (Å²) in [6.45, 7) is 0. The molecule has 0 spiro atoms. The fourth-order valence-corrected chi connectivity index (χ4v) is 2.90. The van der Waals surface area contributed by atoms with Gasteiger partial charge in [-0.25, -0.2) is 9.69 Å². The molecular formula is C18H13BrN2O5. The number of halogens is 1. The van der Waals surface area contributed by atoms with E-state index < -0.39 is 17.8 Å². The van der Waals surface area contributed by atoms with Gasteiger partial charge in [0.15, 0.2) is 11.5 Å². The number of hydrogen-bond acceptors (Lipinski definition) is 5. The number of urea groups is 1. The van der Waals surface area contributed by atoms with Gasteiger partial charge in [-0.3, -0.25) is 14.9 Å². The van der Waals surface area contributed by atoms with Crippen molar-refractivity contribution in [2.24, 2.45) is 0 Å². The molecule has 2 aromatic rings. The average Bonchev–Trinajstić information content (AvgIpc) is 2.61. The number of barbiturate groups is 1. The van der Waals surface area contributed by atoms with E-state index in [0.717, 1.165) is 4.90 Å². The fourth-order valence-electron chi connectivity index (χ4n) is 2.46. The molecule has 0 aliphatic carbocycles. The Labute approximate surface area is 157 Å². The lowest BCUT2D eigenvalue weighted by Crippen LogP contribution is -2.54. The largest absolute Gasteiger partial charge is 0.504 e. The van der Waals surface area contributed by atoms with Crippen LogP contribution in [-0.2, 0) is 9.59 Å². The molecule has 3 rings (SSSR count). The lowest BCUT2D eigenvalue weighted by molar-refractivity contribution is -0.122. The summed E-state index contributed by atoms with van der Waals surface area (Å²) in [5, 5.41) is 11.9. The molecule has 0 bridgehead atoms. The third kappa shape index (κ3) is 3.18. The van der Waals surface area contributed by atoms with Gasteiger partial charge in [-0.15, -0.1) is 0 Å². The summed E-state index contributed by atoms with van der Waals surface area (Å²) in [7, 11) is 1.38. The highest BCUT2D eigenvalue weighted by Crippen LogP contribution is 2.34. The van der Waals surface area contributed by atoms with Gasteiger partial charge in [0.25, 0.3) is 11.8 Å². The maximum absolute atomic E-state index is 12.8. The number of para-hydroxylation sites is 1. The van der Waals surface area contributed by atoms with E-state index in [9.17, 15) is 19.5 Å². The summed E-state index contributed by atoms with van der Waals surface area (Å²) >= 11 is 3.27. The van der Waals surface area contributed by atoms with E-state index in [2.05, 4.69) is 21.2 Å². The molecule has 1 fully saturated rings. The maximum atomic E-state index is 12.8. The molecule has 2 N–H and O–H groups in total. The number of anilines is 1. The number of ether oxygens (including phenoxy) is 1. The van der Waals surface area contributed by atoms with Crippen LogP contribution in [0.2, 0.25) is 0 Å². The van der Waals surface area contributed by atoms with Crippen molar-refractivity contribution < 1.29 is 24.2 Å². The third-order valence-corrected chi connectivity index (χ3v) is 4.40. The SMILES string of the molecule is COc1cc(/C=C2\C(=O)NC(=O)N(c3ccccc3)C2=O)c(Br)cc1O. The Balaban J connectivity index is 2.06. The van der Waals surface area contributed by atoms with Crippen molar-refractivity contribution in [2.75, 3.05) is 12.0 Å². The van der Waals surface area contributed by atoms with Gasteiger partial charge in [0.1, 0.15) is 5.57 Å². The van der Waals surface area contributed by atoms with E-state index in [4.69, 9.17) is 4.74 Å². The minimum absolute atomic E-state index is 0.0953. The molecule has 0 atom stereocenters. The van der Waals surface area contributed by atoms with Crippen LogP contribution in [0.15, 0.2) is 52.5 Å². The van der Waals surface area contributed by atoms with Crippen molar-refractivity contribution in [2.45, 2.75) is 0 Å². The first-order valence-corrected chi connectivity index (χ1v) is 8.24. The normalized spacial score (nSPS) is 16.0. The van der Waals surface area contributed by atoms with E-state index in [1.165, 1.54) is 25.3 Å². The molecule has 1 heterocycles. The van der Waals surface area contributed by atoms with Crippen molar-refractivity contribution >= 4 is 45.5 Å². The Morgan fingerprint density at radius 2 is 1.85 bits per heavy atom. The zero-order valence-electron chi connectivity index (χ0n) is 13.5. The Kier molecular flexibility index (Phi) is 4.77. The van der Waals surface area contributed by atoms with Crippen LogP contribution in [0.4, 0.5) is 10.5 Å². The lowest BCUT2D eigenvalue weighted by atomic mass is 10.1. The molecule has 26 heavy (non-hydrogen) atoms. The zero-order chi connectivity index (χ0) is 18.8. The second-order valence-electron chi connectivity index (χ2n) is 5.34. The standard InChI is InChI=1S/C18H13BrN2O5/c1-26-15-8-10(13(19)9-14(15)22)7-12-16(23)20-18(25)21(17(12)24)11-5-3-2-4-6-11/h2-9,22H,1H3,(H,20,23,25)/b12-7+. The number of nitrogens with one attached hydrogen (secondary N) is 1. The van der Waals surface area contributed by atoms with Gasteiger partial charge < -0.3 is 9.84 Å². The summed E-state index contributed by atoms with van der Waals surface area (Å²) < 4.78 is 5.49. The lowest BCUT2D eigenvalue weighted by Gasteiger charge is -2.26. The number of carbonyl (C=O) groups excluding carboxylic acids is 3. The summed E-state index contributed by atoms with van der Waals surface area (Å²) in [4.78, 5) is 37.9. The van der Waals surface area contributed by atoms with Gasteiger partial charge in [-0.05, 0) is 35.9 Å². The van der Waals surface area contributed by atoms with Crippen molar-refractivity contribution in [3.8, 4) is 11.5 Å². The van der Waals surface area contributed by atoms with E-state index in [0.29, 0.717) is 15.7 Å². The first-order chi connectivity index (χ1) is 12.4. The second kappa shape index (κ2) is 7.01. The number of hydrogen-bond donors (Lipinski definition) is 2. The molecule has 2 aromatic carbocycles. The van der Waals surface area contributed by atoms with Crippen molar-refractivity contribution in [3.05, 3.63) is 58.1 Å². The number of phenolic OH excluding ortho intramolecular Hbond substituents is 1. The summed E-state index contributed by atoms with van der Waals surface area (Å²) in [6, 6.07) is 10.3. The van der Waals surface area contributed by atoms with Gasteiger partial charge in [0, 0.05) is 4.47 Å². The molecule has 0 aromatic heterocycles. The molecule has 8 heteroatoms. The second-order valence-corrected chi connectivity index (χ2v) is 6.19. The maximum Gasteiger partial charge on any atom is 0.335 e. The van der Waals surface area contributed by atoms with Crippen LogP contribution < -0.4 is 15.0 Å². The first-order valence-electron chi connectivity index (χ1n) is 7.45. The average molecular weight is 417 g/mol. The van der Waals surface area contributed by atoms with Crippen molar-refractivity contribution in [1.82, 2.24) is 5.32 Å². The van der Waals surface area contributed by atoms with Gasteiger partial charge in [0.05, 0.1) is 12.8 Å². The number of carbonyl (C=O) groups is 3. The zero-order valence-corrected chi connectivity index (χ0v) is 15.1. The van der Waals surface area contributed by atoms with Crippen molar-refractivity contribution in [3.63, 3.8) is 0 Å². The minimum Gasteiger partial charge on any atom is -0.504 e. The quantitative estimate of drug-likeness (QED) is 0.592. The number of amides is 4. The van der Waals surface area contributed by atoms with E-state index >= 15 is 0 Å². The fraction of sp³-hybridized carbons (Fsp3) is 0.0556. The summed E-state index contributed by atoms with van der Waals surface area (Å²) in [6.07, 6.45) is 1.33. The van der Waals surface area contributed by atoms with Gasteiger partial charge in [-0.1, -0.05) is 34.1 Å². The summed E-state index contributed by atoms with van der Waals surface area (Å²) in [5.41, 5.74) is 0.554. The van der Waals surface area contributed by atoms with Crippen LogP contribution in [0.3, 0.4) is 0 Å². The number of nitrogens with zero attached hydrogens (tertiary/aromatic N) is 1. The molecule has 1 saturated heterocycles. The molecule has 7 nitrogen and oxygen atoms in total. The third-order valence-electron chi connectivity index (χ3n) is 3.71. The first kappa shape index (κ1) is 17.7. The molecular weight excluding hydrogens is 404 g/mol. The number of rotatable bonds is 3. The Morgan fingerprint density at radius 1 is 1.15 bits per heavy atom.